The maximum atomic E-state index is 5.44. The van der Waals surface area contributed by atoms with E-state index in [1.807, 2.05) is 19.1 Å². The summed E-state index contributed by atoms with van der Waals surface area (Å²) in [7, 11) is 0. The van der Waals surface area contributed by atoms with Crippen molar-refractivity contribution in [3.63, 3.8) is 0 Å². The third kappa shape index (κ3) is 4.73. The summed E-state index contributed by atoms with van der Waals surface area (Å²) in [5.74, 6) is 1.58. The van der Waals surface area contributed by atoms with Gasteiger partial charge in [0.2, 0.25) is 0 Å². The Morgan fingerprint density at radius 3 is 2.73 bits per heavy atom. The largest absolute Gasteiger partial charge is 0.371 e. The van der Waals surface area contributed by atoms with Crippen molar-refractivity contribution < 1.29 is 0 Å². The first kappa shape index (κ1) is 18.6. The number of hydrogen-bond donors (Lipinski definition) is 2. The van der Waals surface area contributed by atoms with Gasteiger partial charge in [-0.15, -0.1) is 0 Å². The van der Waals surface area contributed by atoms with Gasteiger partial charge in [0.05, 0.1) is 6.04 Å². The Morgan fingerprint density at radius 1 is 1.27 bits per heavy atom. The van der Waals surface area contributed by atoms with Gasteiger partial charge in [-0.05, 0) is 74.2 Å². The molecule has 0 radical (unpaired) electrons. The normalized spacial score (nSPS) is 18.3. The van der Waals surface area contributed by atoms with E-state index in [-0.39, 0.29) is 6.04 Å². The highest BCUT2D eigenvalue weighted by Crippen LogP contribution is 2.24. The molecule has 1 saturated heterocycles. The van der Waals surface area contributed by atoms with Crippen molar-refractivity contribution in [2.75, 3.05) is 23.3 Å². The van der Waals surface area contributed by atoms with Crippen molar-refractivity contribution in [1.29, 1.82) is 0 Å². The Bertz CT molecular complexity index is 744. The number of piperidine rings is 1. The number of rotatable bonds is 4. The van der Waals surface area contributed by atoms with Gasteiger partial charge in [0.25, 0.3) is 0 Å². The predicted molar refractivity (Wildman–Crippen MR) is 114 cm³/mol. The number of nitrogens with one attached hydrogen (secondary N) is 2. The van der Waals surface area contributed by atoms with Gasteiger partial charge < -0.3 is 15.5 Å². The first-order valence-corrected chi connectivity index (χ1v) is 9.78. The molecule has 0 saturated carbocycles. The average Bonchev–Trinajstić information content (AvgIpc) is 2.64. The number of thiocarbonyl (C=S) groups is 1. The average molecular weight is 369 g/mol. The van der Waals surface area contributed by atoms with Crippen LogP contribution in [0, 0.1) is 12.8 Å². The van der Waals surface area contributed by atoms with Crippen molar-refractivity contribution in [1.82, 2.24) is 10.3 Å². The quantitative estimate of drug-likeness (QED) is 0.767. The van der Waals surface area contributed by atoms with Crippen LogP contribution in [0.3, 0.4) is 0 Å². The SMILES string of the molecule is Cc1cccnc1NC(=S)NC(C)c1ccc(N2CCCC(C)C2)cc1. The maximum Gasteiger partial charge on any atom is 0.172 e. The predicted octanol–water partition coefficient (Wildman–Crippen LogP) is 4.67. The molecule has 26 heavy (non-hydrogen) atoms. The first-order chi connectivity index (χ1) is 12.5. The molecule has 1 aromatic heterocycles. The van der Waals surface area contributed by atoms with Crippen LogP contribution in [0.5, 0.6) is 0 Å². The lowest BCUT2D eigenvalue weighted by atomic mass is 9.99. The molecule has 5 heteroatoms. The number of benzene rings is 1. The van der Waals surface area contributed by atoms with E-state index in [4.69, 9.17) is 12.2 Å². The summed E-state index contributed by atoms with van der Waals surface area (Å²) in [5, 5.41) is 7.12. The zero-order valence-corrected chi connectivity index (χ0v) is 16.6. The summed E-state index contributed by atoms with van der Waals surface area (Å²) in [6, 6.07) is 12.9. The lowest BCUT2D eigenvalue weighted by molar-refractivity contribution is 0.447. The minimum absolute atomic E-state index is 0.133. The summed E-state index contributed by atoms with van der Waals surface area (Å²) in [6.07, 6.45) is 4.39. The van der Waals surface area contributed by atoms with Crippen LogP contribution in [0.1, 0.15) is 43.9 Å². The van der Waals surface area contributed by atoms with Crippen LogP contribution >= 0.6 is 12.2 Å². The molecule has 2 heterocycles. The fraction of sp³-hybridized carbons (Fsp3) is 0.429. The van der Waals surface area contributed by atoms with E-state index in [1.165, 1.54) is 24.1 Å². The van der Waals surface area contributed by atoms with E-state index >= 15 is 0 Å². The van der Waals surface area contributed by atoms with Gasteiger partial charge in [0.1, 0.15) is 5.82 Å². The van der Waals surface area contributed by atoms with E-state index < -0.39 is 0 Å². The van der Waals surface area contributed by atoms with E-state index in [0.29, 0.717) is 5.11 Å². The van der Waals surface area contributed by atoms with Gasteiger partial charge in [-0.3, -0.25) is 0 Å². The summed E-state index contributed by atoms with van der Waals surface area (Å²) in [6.45, 7) is 8.79. The monoisotopic (exact) mass is 368 g/mol. The molecule has 2 unspecified atom stereocenters. The van der Waals surface area contributed by atoms with E-state index in [0.717, 1.165) is 30.4 Å². The molecular weight excluding hydrogens is 340 g/mol. The number of nitrogens with zero attached hydrogens (tertiary/aromatic N) is 2. The molecule has 1 aromatic carbocycles. The number of pyridine rings is 1. The van der Waals surface area contributed by atoms with Crippen LogP contribution in [-0.4, -0.2) is 23.2 Å². The van der Waals surface area contributed by atoms with Crippen molar-refractivity contribution >= 4 is 28.8 Å². The van der Waals surface area contributed by atoms with Crippen LogP contribution in [0.4, 0.5) is 11.5 Å². The smallest absolute Gasteiger partial charge is 0.172 e. The Kier molecular flexibility index (Phi) is 6.09. The van der Waals surface area contributed by atoms with Crippen LogP contribution < -0.4 is 15.5 Å². The summed E-state index contributed by atoms with van der Waals surface area (Å²) >= 11 is 5.44. The molecule has 1 aliphatic heterocycles. The lowest BCUT2D eigenvalue weighted by Crippen LogP contribution is -2.34. The zero-order chi connectivity index (χ0) is 18.5. The molecule has 1 fully saturated rings. The topological polar surface area (TPSA) is 40.2 Å². The van der Waals surface area contributed by atoms with Gasteiger partial charge >= 0.3 is 0 Å². The fourth-order valence-electron chi connectivity index (χ4n) is 3.44. The highest BCUT2D eigenvalue weighted by Gasteiger charge is 2.17. The van der Waals surface area contributed by atoms with E-state index in [1.54, 1.807) is 6.20 Å². The van der Waals surface area contributed by atoms with Crippen molar-refractivity contribution in [3.8, 4) is 0 Å². The first-order valence-electron chi connectivity index (χ1n) is 9.37. The molecule has 4 nitrogen and oxygen atoms in total. The fourth-order valence-corrected chi connectivity index (χ4v) is 3.71. The number of aromatic nitrogens is 1. The molecule has 138 valence electrons. The third-order valence-corrected chi connectivity index (χ3v) is 5.22. The molecule has 1 aliphatic rings. The van der Waals surface area contributed by atoms with Gasteiger partial charge in [0.15, 0.2) is 5.11 Å². The molecule has 0 amide bonds. The minimum Gasteiger partial charge on any atom is -0.371 e. The second kappa shape index (κ2) is 8.49. The molecule has 2 atom stereocenters. The lowest BCUT2D eigenvalue weighted by Gasteiger charge is -2.33. The summed E-state index contributed by atoms with van der Waals surface area (Å²) in [5.41, 5.74) is 3.61. The second-order valence-corrected chi connectivity index (χ2v) is 7.68. The van der Waals surface area contributed by atoms with Gasteiger partial charge in [-0.2, -0.15) is 0 Å². The Hall–Kier alpha value is -2.14. The van der Waals surface area contributed by atoms with Crippen LogP contribution in [0.15, 0.2) is 42.6 Å². The summed E-state index contributed by atoms with van der Waals surface area (Å²) < 4.78 is 0. The third-order valence-electron chi connectivity index (χ3n) is 5.00. The zero-order valence-electron chi connectivity index (χ0n) is 15.8. The molecular formula is C21H28N4S. The minimum atomic E-state index is 0.133. The molecule has 0 bridgehead atoms. The van der Waals surface area contributed by atoms with E-state index in [9.17, 15) is 0 Å². The maximum absolute atomic E-state index is 5.44. The van der Waals surface area contributed by atoms with Crippen molar-refractivity contribution in [2.45, 2.75) is 39.7 Å². The van der Waals surface area contributed by atoms with Gasteiger partial charge in [-0.1, -0.05) is 25.1 Å². The van der Waals surface area contributed by atoms with Crippen LogP contribution in [0.2, 0.25) is 0 Å². The van der Waals surface area contributed by atoms with Crippen LogP contribution in [0.25, 0.3) is 0 Å². The summed E-state index contributed by atoms with van der Waals surface area (Å²) in [4.78, 5) is 6.82. The Balaban J connectivity index is 1.58. The second-order valence-electron chi connectivity index (χ2n) is 7.27. The number of aryl methyl sites for hydroxylation is 1. The Morgan fingerprint density at radius 2 is 2.04 bits per heavy atom. The molecule has 0 aliphatic carbocycles. The van der Waals surface area contributed by atoms with Crippen LogP contribution in [-0.2, 0) is 0 Å². The van der Waals surface area contributed by atoms with Crippen molar-refractivity contribution in [3.05, 3.63) is 53.7 Å². The van der Waals surface area contributed by atoms with E-state index in [2.05, 4.69) is 58.6 Å². The van der Waals surface area contributed by atoms with Gasteiger partial charge in [0, 0.05) is 25.0 Å². The highest BCUT2D eigenvalue weighted by molar-refractivity contribution is 7.80. The Labute approximate surface area is 162 Å². The highest BCUT2D eigenvalue weighted by atomic mass is 32.1. The molecule has 3 rings (SSSR count). The molecule has 2 N–H and O–H groups in total. The number of hydrogen-bond acceptors (Lipinski definition) is 3. The number of anilines is 2. The molecule has 2 aromatic rings. The standard InChI is InChI=1S/C21H28N4S/c1-15-6-5-13-25(14-15)19-10-8-18(9-11-19)17(3)23-21(26)24-20-16(2)7-4-12-22-20/h4,7-12,15,17H,5-6,13-14H2,1-3H3,(H2,22,23,24,26). The molecule has 0 spiro atoms. The van der Waals surface area contributed by atoms with Gasteiger partial charge in [-0.25, -0.2) is 4.98 Å². The van der Waals surface area contributed by atoms with Crippen molar-refractivity contribution in [2.24, 2.45) is 5.92 Å².